The van der Waals surface area contributed by atoms with Crippen molar-refractivity contribution in [2.45, 2.75) is 109 Å². The Balaban J connectivity index is 1.40. The van der Waals surface area contributed by atoms with Crippen LogP contribution in [0.3, 0.4) is 0 Å². The Bertz CT molecular complexity index is 493. The number of hydrogen-bond acceptors (Lipinski definition) is 2. The Hall–Kier alpha value is -1.02. The van der Waals surface area contributed by atoms with Crippen LogP contribution in [-0.4, -0.2) is 18.8 Å². The minimum absolute atomic E-state index is 0.0366. The second-order valence-corrected chi connectivity index (χ2v) is 8.67. The fourth-order valence-corrected chi connectivity index (χ4v) is 3.58. The van der Waals surface area contributed by atoms with Crippen LogP contribution in [-0.2, 0) is 11.2 Å². The number of benzene rings is 1. The van der Waals surface area contributed by atoms with Crippen LogP contribution < -0.4 is 4.74 Å². The van der Waals surface area contributed by atoms with E-state index in [0.717, 1.165) is 12.4 Å². The van der Waals surface area contributed by atoms with Crippen molar-refractivity contribution in [2.24, 2.45) is 0 Å². The van der Waals surface area contributed by atoms with Gasteiger partial charge in [-0.05, 0) is 37.5 Å². The maximum Gasteiger partial charge on any atom is 0.123 e. The van der Waals surface area contributed by atoms with E-state index in [-0.39, 0.29) is 5.60 Å². The third-order valence-corrected chi connectivity index (χ3v) is 5.65. The summed E-state index contributed by atoms with van der Waals surface area (Å²) >= 11 is 0. The first-order chi connectivity index (χ1) is 13.2. The summed E-state index contributed by atoms with van der Waals surface area (Å²) in [7, 11) is 0. The lowest BCUT2D eigenvalue weighted by atomic mass is 10.0. The van der Waals surface area contributed by atoms with E-state index >= 15 is 0 Å². The van der Waals surface area contributed by atoms with Crippen LogP contribution in [0.25, 0.3) is 0 Å². The molecule has 1 fully saturated rings. The van der Waals surface area contributed by atoms with Crippen molar-refractivity contribution < 1.29 is 9.47 Å². The standard InChI is InChI=1S/C25H42O2/c1-3-4-5-6-7-8-9-10-11-12-13-14-15-17-23-18-16-19-24(20-23)26-21-25(2)22-27-25/h16,18-20H,3-15,17,21-22H2,1-2H3. The predicted molar refractivity (Wildman–Crippen MR) is 116 cm³/mol. The molecule has 1 saturated heterocycles. The zero-order valence-electron chi connectivity index (χ0n) is 17.9. The molecule has 0 N–H and O–H groups in total. The van der Waals surface area contributed by atoms with E-state index < -0.39 is 0 Å². The fourth-order valence-electron chi connectivity index (χ4n) is 3.58. The molecule has 1 heterocycles. The molecule has 27 heavy (non-hydrogen) atoms. The van der Waals surface area contributed by atoms with Crippen LogP contribution in [0.5, 0.6) is 5.75 Å². The molecule has 1 aliphatic rings. The fraction of sp³-hybridized carbons (Fsp3) is 0.760. The molecule has 0 saturated carbocycles. The van der Waals surface area contributed by atoms with E-state index in [1.165, 1.54) is 95.5 Å². The molecule has 1 aromatic rings. The van der Waals surface area contributed by atoms with Crippen molar-refractivity contribution in [3.05, 3.63) is 29.8 Å². The van der Waals surface area contributed by atoms with E-state index in [1.54, 1.807) is 0 Å². The van der Waals surface area contributed by atoms with Gasteiger partial charge in [0, 0.05) is 0 Å². The second kappa shape index (κ2) is 13.2. The van der Waals surface area contributed by atoms with Crippen molar-refractivity contribution in [2.75, 3.05) is 13.2 Å². The summed E-state index contributed by atoms with van der Waals surface area (Å²) in [5.41, 5.74) is 1.36. The smallest absolute Gasteiger partial charge is 0.123 e. The molecule has 1 unspecified atom stereocenters. The third kappa shape index (κ3) is 10.8. The van der Waals surface area contributed by atoms with Gasteiger partial charge in [0.15, 0.2) is 0 Å². The molecule has 2 heteroatoms. The van der Waals surface area contributed by atoms with Gasteiger partial charge >= 0.3 is 0 Å². The van der Waals surface area contributed by atoms with Crippen molar-refractivity contribution in [3.63, 3.8) is 0 Å². The quantitative estimate of drug-likeness (QED) is 0.208. The highest BCUT2D eigenvalue weighted by molar-refractivity contribution is 5.28. The van der Waals surface area contributed by atoms with Gasteiger partial charge in [-0.2, -0.15) is 0 Å². The molecule has 1 aliphatic heterocycles. The summed E-state index contributed by atoms with van der Waals surface area (Å²) in [6, 6.07) is 8.59. The maximum absolute atomic E-state index is 5.87. The molecule has 0 spiro atoms. The lowest BCUT2D eigenvalue weighted by Crippen LogP contribution is -2.16. The maximum atomic E-state index is 5.87. The number of ether oxygens (including phenoxy) is 2. The van der Waals surface area contributed by atoms with Gasteiger partial charge in [0.2, 0.25) is 0 Å². The number of epoxide rings is 1. The summed E-state index contributed by atoms with van der Waals surface area (Å²) < 4.78 is 11.2. The van der Waals surface area contributed by atoms with E-state index in [0.29, 0.717) is 6.61 Å². The van der Waals surface area contributed by atoms with Gasteiger partial charge in [-0.3, -0.25) is 0 Å². The zero-order valence-corrected chi connectivity index (χ0v) is 17.9. The van der Waals surface area contributed by atoms with Crippen LogP contribution >= 0.6 is 0 Å². The zero-order chi connectivity index (χ0) is 19.2. The summed E-state index contributed by atoms with van der Waals surface area (Å²) in [5, 5.41) is 0. The number of aryl methyl sites for hydroxylation is 1. The Morgan fingerprint density at radius 3 is 1.96 bits per heavy atom. The Morgan fingerprint density at radius 2 is 1.41 bits per heavy atom. The number of hydrogen-bond donors (Lipinski definition) is 0. The van der Waals surface area contributed by atoms with Gasteiger partial charge < -0.3 is 9.47 Å². The normalized spacial score (nSPS) is 18.6. The minimum atomic E-state index is -0.0366. The molecule has 154 valence electrons. The highest BCUT2D eigenvalue weighted by atomic mass is 16.6. The van der Waals surface area contributed by atoms with Gasteiger partial charge in [-0.15, -0.1) is 0 Å². The molecular weight excluding hydrogens is 332 g/mol. The largest absolute Gasteiger partial charge is 0.490 e. The first-order valence-corrected chi connectivity index (χ1v) is 11.6. The van der Waals surface area contributed by atoms with Crippen LogP contribution in [0.2, 0.25) is 0 Å². The first-order valence-electron chi connectivity index (χ1n) is 11.6. The van der Waals surface area contributed by atoms with E-state index in [2.05, 4.69) is 38.1 Å². The first kappa shape index (κ1) is 22.3. The number of unbranched alkanes of at least 4 members (excludes halogenated alkanes) is 12. The van der Waals surface area contributed by atoms with Gasteiger partial charge in [0.05, 0.1) is 6.61 Å². The minimum Gasteiger partial charge on any atom is -0.490 e. The Labute approximate surface area is 168 Å². The molecule has 0 bridgehead atoms. The van der Waals surface area contributed by atoms with Gasteiger partial charge in [-0.1, -0.05) is 96.1 Å². The molecule has 0 aromatic heterocycles. The summed E-state index contributed by atoms with van der Waals surface area (Å²) in [6.07, 6.45) is 19.5. The van der Waals surface area contributed by atoms with Gasteiger partial charge in [0.1, 0.15) is 18.0 Å². The van der Waals surface area contributed by atoms with Gasteiger partial charge in [-0.25, -0.2) is 0 Å². The monoisotopic (exact) mass is 374 g/mol. The summed E-state index contributed by atoms with van der Waals surface area (Å²) in [6.45, 7) is 5.88. The Kier molecular flexibility index (Phi) is 10.9. The van der Waals surface area contributed by atoms with E-state index in [1.807, 2.05) is 0 Å². The van der Waals surface area contributed by atoms with Gasteiger partial charge in [0.25, 0.3) is 0 Å². The van der Waals surface area contributed by atoms with Crippen molar-refractivity contribution in [1.82, 2.24) is 0 Å². The highest BCUT2D eigenvalue weighted by Gasteiger charge is 2.40. The predicted octanol–water partition coefficient (Wildman–Crippen LogP) is 7.49. The van der Waals surface area contributed by atoms with Crippen molar-refractivity contribution in [3.8, 4) is 5.75 Å². The topological polar surface area (TPSA) is 21.8 Å². The third-order valence-electron chi connectivity index (χ3n) is 5.65. The Morgan fingerprint density at radius 1 is 0.852 bits per heavy atom. The van der Waals surface area contributed by atoms with Crippen molar-refractivity contribution >= 4 is 0 Å². The molecule has 0 radical (unpaired) electrons. The SMILES string of the molecule is CCCCCCCCCCCCCCCc1cccc(OCC2(C)CO2)c1. The van der Waals surface area contributed by atoms with Crippen LogP contribution in [0.15, 0.2) is 24.3 Å². The summed E-state index contributed by atoms with van der Waals surface area (Å²) in [4.78, 5) is 0. The van der Waals surface area contributed by atoms with Crippen LogP contribution in [0.1, 0.15) is 103 Å². The summed E-state index contributed by atoms with van der Waals surface area (Å²) in [5.74, 6) is 0.985. The lowest BCUT2D eigenvalue weighted by molar-refractivity contribution is 0.202. The number of rotatable bonds is 17. The molecule has 2 nitrogen and oxygen atoms in total. The van der Waals surface area contributed by atoms with Crippen LogP contribution in [0.4, 0.5) is 0 Å². The second-order valence-electron chi connectivity index (χ2n) is 8.67. The van der Waals surface area contributed by atoms with Crippen LogP contribution in [0, 0.1) is 0 Å². The molecular formula is C25H42O2. The molecule has 1 atom stereocenters. The molecule has 2 rings (SSSR count). The van der Waals surface area contributed by atoms with E-state index in [4.69, 9.17) is 9.47 Å². The molecule has 0 aliphatic carbocycles. The molecule has 1 aromatic carbocycles. The lowest BCUT2D eigenvalue weighted by Gasteiger charge is -2.10. The average molecular weight is 375 g/mol. The highest BCUT2D eigenvalue weighted by Crippen LogP contribution is 2.27. The van der Waals surface area contributed by atoms with Crippen molar-refractivity contribution in [1.29, 1.82) is 0 Å². The molecule has 0 amide bonds. The average Bonchev–Trinajstić information content (AvgIpc) is 3.42. The van der Waals surface area contributed by atoms with E-state index in [9.17, 15) is 0 Å².